The molecule has 4 nitrogen and oxygen atoms in total. The Morgan fingerprint density at radius 1 is 1.35 bits per heavy atom. The molecule has 0 spiro atoms. The Bertz CT molecular complexity index is 518. The fourth-order valence-electron chi connectivity index (χ4n) is 2.75. The van der Waals surface area contributed by atoms with Crippen molar-refractivity contribution in [1.82, 2.24) is 5.32 Å². The molecule has 1 aliphatic rings. The molecule has 1 aromatic rings. The zero-order chi connectivity index (χ0) is 14.7. The summed E-state index contributed by atoms with van der Waals surface area (Å²) in [6.07, 6.45) is 2.06. The van der Waals surface area contributed by atoms with E-state index in [-0.39, 0.29) is 11.9 Å². The number of hydrogen-bond acceptors (Lipinski definition) is 2. The maximum atomic E-state index is 12.2. The molecule has 1 aromatic carbocycles. The van der Waals surface area contributed by atoms with Crippen LogP contribution in [0.15, 0.2) is 28.7 Å². The molecule has 2 N–H and O–H groups in total. The van der Waals surface area contributed by atoms with Gasteiger partial charge in [-0.05, 0) is 37.5 Å². The molecule has 0 radical (unpaired) electrons. The van der Waals surface area contributed by atoms with Crippen LogP contribution in [-0.4, -0.2) is 17.0 Å². The third-order valence-electron chi connectivity index (χ3n) is 3.88. The maximum Gasteiger partial charge on any atom is 0.307 e. The van der Waals surface area contributed by atoms with Gasteiger partial charge in [0.1, 0.15) is 0 Å². The molecule has 0 saturated heterocycles. The van der Waals surface area contributed by atoms with Crippen molar-refractivity contribution < 1.29 is 14.7 Å². The van der Waals surface area contributed by atoms with E-state index >= 15 is 0 Å². The number of aliphatic carboxylic acids is 1. The molecular weight excluding hydrogens is 322 g/mol. The molecule has 1 saturated carbocycles. The van der Waals surface area contributed by atoms with Gasteiger partial charge in [0.05, 0.1) is 17.9 Å². The molecule has 0 unspecified atom stereocenters. The number of benzene rings is 1. The van der Waals surface area contributed by atoms with Crippen molar-refractivity contribution in [3.63, 3.8) is 0 Å². The van der Waals surface area contributed by atoms with Crippen molar-refractivity contribution >= 4 is 27.8 Å². The number of hydrogen-bond donors (Lipinski definition) is 2. The van der Waals surface area contributed by atoms with Crippen LogP contribution >= 0.6 is 15.9 Å². The Morgan fingerprint density at radius 2 is 2.05 bits per heavy atom. The van der Waals surface area contributed by atoms with E-state index in [0.29, 0.717) is 12.8 Å². The van der Waals surface area contributed by atoms with Crippen LogP contribution in [-0.2, 0) is 9.59 Å². The second kappa shape index (κ2) is 6.39. The van der Waals surface area contributed by atoms with E-state index in [2.05, 4.69) is 21.2 Å². The van der Waals surface area contributed by atoms with Crippen LogP contribution in [0.4, 0.5) is 0 Å². The Labute approximate surface area is 126 Å². The van der Waals surface area contributed by atoms with E-state index in [9.17, 15) is 9.59 Å². The number of halogens is 1. The summed E-state index contributed by atoms with van der Waals surface area (Å²) in [6.45, 7) is 1.91. The Kier molecular flexibility index (Phi) is 4.81. The third-order valence-corrected chi connectivity index (χ3v) is 4.37. The molecule has 0 bridgehead atoms. The molecular formula is C15H18BrNO3. The number of carboxylic acid groups (broad SMARTS) is 1. The zero-order valence-electron chi connectivity index (χ0n) is 11.3. The SMILES string of the molecule is C[C@H](NC(=O)[C@@H]1CCC[C@@H]1C(=O)O)c1cccc(Br)c1. The van der Waals surface area contributed by atoms with Gasteiger partial charge in [0.15, 0.2) is 0 Å². The molecule has 0 aliphatic heterocycles. The lowest BCUT2D eigenvalue weighted by molar-refractivity contribution is -0.146. The number of carboxylic acids is 1. The maximum absolute atomic E-state index is 12.2. The van der Waals surface area contributed by atoms with Gasteiger partial charge in [0.25, 0.3) is 0 Å². The molecule has 108 valence electrons. The average Bonchev–Trinajstić information content (AvgIpc) is 2.88. The average molecular weight is 340 g/mol. The lowest BCUT2D eigenvalue weighted by Crippen LogP contribution is -2.36. The molecule has 2 rings (SSSR count). The van der Waals surface area contributed by atoms with Crippen molar-refractivity contribution in [2.75, 3.05) is 0 Å². The zero-order valence-corrected chi connectivity index (χ0v) is 12.9. The minimum atomic E-state index is -0.863. The molecule has 0 aromatic heterocycles. The van der Waals surface area contributed by atoms with E-state index < -0.39 is 17.8 Å². The summed E-state index contributed by atoms with van der Waals surface area (Å²) in [7, 11) is 0. The Hall–Kier alpha value is -1.36. The highest BCUT2D eigenvalue weighted by molar-refractivity contribution is 9.10. The Morgan fingerprint density at radius 3 is 2.70 bits per heavy atom. The fourth-order valence-corrected chi connectivity index (χ4v) is 3.17. The summed E-state index contributed by atoms with van der Waals surface area (Å²) in [5.41, 5.74) is 0.998. The molecule has 0 heterocycles. The minimum absolute atomic E-state index is 0.130. The van der Waals surface area contributed by atoms with E-state index in [1.807, 2.05) is 31.2 Å². The van der Waals surface area contributed by atoms with Crippen molar-refractivity contribution in [2.24, 2.45) is 11.8 Å². The number of carbonyl (C=O) groups is 2. The molecule has 20 heavy (non-hydrogen) atoms. The summed E-state index contributed by atoms with van der Waals surface area (Å²) < 4.78 is 0.959. The molecule has 1 aliphatic carbocycles. The summed E-state index contributed by atoms with van der Waals surface area (Å²) in [4.78, 5) is 23.4. The Balaban J connectivity index is 2.02. The van der Waals surface area contributed by atoms with Crippen molar-refractivity contribution in [3.05, 3.63) is 34.3 Å². The van der Waals surface area contributed by atoms with Crippen molar-refractivity contribution in [3.8, 4) is 0 Å². The standard InChI is InChI=1S/C15H18BrNO3/c1-9(10-4-2-5-11(16)8-10)17-14(18)12-6-3-7-13(12)15(19)20/h2,4-5,8-9,12-13H,3,6-7H2,1H3,(H,17,18)(H,19,20)/t9-,12+,13-/m0/s1. The predicted molar refractivity (Wildman–Crippen MR) is 79.2 cm³/mol. The molecule has 3 atom stereocenters. The number of rotatable bonds is 4. The first-order chi connectivity index (χ1) is 9.49. The lowest BCUT2D eigenvalue weighted by atomic mass is 9.94. The summed E-state index contributed by atoms with van der Waals surface area (Å²) in [5.74, 6) is -1.95. The predicted octanol–water partition coefficient (Wildman–Crippen LogP) is 3.13. The van der Waals surface area contributed by atoms with Gasteiger partial charge in [-0.1, -0.05) is 34.5 Å². The first-order valence-electron chi connectivity index (χ1n) is 6.77. The van der Waals surface area contributed by atoms with Crippen LogP contribution in [0.3, 0.4) is 0 Å². The minimum Gasteiger partial charge on any atom is -0.481 e. The molecule has 1 amide bonds. The number of carbonyl (C=O) groups excluding carboxylic acids is 1. The third kappa shape index (κ3) is 3.39. The van der Waals surface area contributed by atoms with Gasteiger partial charge >= 0.3 is 5.97 Å². The quantitative estimate of drug-likeness (QED) is 0.885. The van der Waals surface area contributed by atoms with Crippen LogP contribution in [0.5, 0.6) is 0 Å². The van der Waals surface area contributed by atoms with Gasteiger partial charge in [-0.25, -0.2) is 0 Å². The lowest BCUT2D eigenvalue weighted by Gasteiger charge is -2.20. The molecule has 1 fully saturated rings. The highest BCUT2D eigenvalue weighted by Gasteiger charge is 2.38. The van der Waals surface area contributed by atoms with Crippen LogP contribution in [0.2, 0.25) is 0 Å². The topological polar surface area (TPSA) is 66.4 Å². The van der Waals surface area contributed by atoms with Crippen LogP contribution in [0.25, 0.3) is 0 Å². The van der Waals surface area contributed by atoms with Crippen molar-refractivity contribution in [1.29, 1.82) is 0 Å². The van der Waals surface area contributed by atoms with Crippen LogP contribution in [0, 0.1) is 11.8 Å². The highest BCUT2D eigenvalue weighted by Crippen LogP contribution is 2.32. The second-order valence-electron chi connectivity index (χ2n) is 5.27. The van der Waals surface area contributed by atoms with E-state index in [1.165, 1.54) is 0 Å². The first kappa shape index (κ1) is 15.0. The highest BCUT2D eigenvalue weighted by atomic mass is 79.9. The monoisotopic (exact) mass is 339 g/mol. The van der Waals surface area contributed by atoms with Gasteiger partial charge in [-0.3, -0.25) is 9.59 Å². The van der Waals surface area contributed by atoms with Crippen LogP contribution in [0.1, 0.15) is 37.8 Å². The van der Waals surface area contributed by atoms with Gasteiger partial charge in [-0.2, -0.15) is 0 Å². The fraction of sp³-hybridized carbons (Fsp3) is 0.467. The summed E-state index contributed by atoms with van der Waals surface area (Å²) >= 11 is 3.40. The van der Waals surface area contributed by atoms with Gasteiger partial charge in [-0.15, -0.1) is 0 Å². The van der Waals surface area contributed by atoms with E-state index in [0.717, 1.165) is 16.5 Å². The first-order valence-corrected chi connectivity index (χ1v) is 7.57. The van der Waals surface area contributed by atoms with E-state index in [4.69, 9.17) is 5.11 Å². The summed E-state index contributed by atoms with van der Waals surface area (Å²) in [5, 5.41) is 12.1. The van der Waals surface area contributed by atoms with E-state index in [1.54, 1.807) is 0 Å². The van der Waals surface area contributed by atoms with Crippen molar-refractivity contribution in [2.45, 2.75) is 32.2 Å². The smallest absolute Gasteiger partial charge is 0.307 e. The van der Waals surface area contributed by atoms with Gasteiger partial charge in [0.2, 0.25) is 5.91 Å². The number of amides is 1. The van der Waals surface area contributed by atoms with Gasteiger partial charge < -0.3 is 10.4 Å². The number of nitrogens with one attached hydrogen (secondary N) is 1. The molecule has 5 heteroatoms. The van der Waals surface area contributed by atoms with Crippen LogP contribution < -0.4 is 5.32 Å². The normalized spacial score (nSPS) is 23.3. The largest absolute Gasteiger partial charge is 0.481 e. The van der Waals surface area contributed by atoms with Gasteiger partial charge in [0, 0.05) is 4.47 Å². The summed E-state index contributed by atoms with van der Waals surface area (Å²) in [6, 6.07) is 7.61. The second-order valence-corrected chi connectivity index (χ2v) is 6.18.